The van der Waals surface area contributed by atoms with Crippen LogP contribution in [0.4, 0.5) is 0 Å². The number of carbonyl (C=O) groups is 1. The van der Waals surface area contributed by atoms with Gasteiger partial charge in [-0.3, -0.25) is 4.79 Å². The Hall–Kier alpha value is -1.03. The minimum Gasteiger partial charge on any atom is -0.386 e. The maximum Gasteiger partial charge on any atom is 0.229 e. The first-order valence-corrected chi connectivity index (χ1v) is 4.03. The second-order valence-corrected chi connectivity index (χ2v) is 3.26. The fourth-order valence-electron chi connectivity index (χ4n) is 1.41. The molecule has 12 heavy (non-hydrogen) atoms. The number of nitrogens with two attached hydrogens (primary N) is 1. The van der Waals surface area contributed by atoms with Crippen LogP contribution in [0.25, 0.3) is 0 Å². The van der Waals surface area contributed by atoms with Crippen molar-refractivity contribution in [3.05, 3.63) is 12.4 Å². The number of nitrogens with zero attached hydrogens (tertiary/aromatic N) is 1. The van der Waals surface area contributed by atoms with Gasteiger partial charge in [-0.05, 0) is 20.0 Å². The quantitative estimate of drug-likeness (QED) is 0.585. The van der Waals surface area contributed by atoms with E-state index in [0.29, 0.717) is 0 Å². The molecule has 3 N–H and O–H groups in total. The summed E-state index contributed by atoms with van der Waals surface area (Å²) in [5.74, 6) is 0.303. The minimum absolute atomic E-state index is 0.00755. The van der Waals surface area contributed by atoms with E-state index < -0.39 is 0 Å². The molecule has 0 aromatic heterocycles. The predicted molar refractivity (Wildman–Crippen MR) is 47.1 cm³/mol. The highest BCUT2D eigenvalue weighted by Crippen LogP contribution is 2.13. The number of carbonyl (C=O) groups excluding carboxylic acids is 1. The lowest BCUT2D eigenvalue weighted by atomic mass is 10.1. The summed E-state index contributed by atoms with van der Waals surface area (Å²) in [6.45, 7) is 5.22. The summed E-state index contributed by atoms with van der Waals surface area (Å²) >= 11 is 0. The van der Waals surface area contributed by atoms with Crippen LogP contribution in [-0.4, -0.2) is 30.9 Å². The third-order valence-corrected chi connectivity index (χ3v) is 2.05. The first kappa shape index (κ1) is 9.06. The van der Waals surface area contributed by atoms with Gasteiger partial charge < -0.3 is 16.0 Å². The van der Waals surface area contributed by atoms with Crippen LogP contribution in [0.1, 0.15) is 6.42 Å². The molecule has 0 aromatic carbocycles. The van der Waals surface area contributed by atoms with E-state index in [9.17, 15) is 4.79 Å². The maximum absolute atomic E-state index is 11.3. The Bertz CT molecular complexity index is 202. The van der Waals surface area contributed by atoms with Crippen LogP contribution in [0, 0.1) is 5.92 Å². The van der Waals surface area contributed by atoms with E-state index in [-0.39, 0.29) is 17.6 Å². The molecule has 1 unspecified atom stereocenters. The van der Waals surface area contributed by atoms with Crippen LogP contribution in [0.5, 0.6) is 0 Å². The van der Waals surface area contributed by atoms with Crippen LogP contribution >= 0.6 is 0 Å². The molecular weight excluding hydrogens is 154 g/mol. The van der Waals surface area contributed by atoms with E-state index in [1.165, 1.54) is 0 Å². The molecule has 4 heteroatoms. The molecular formula is C8H15N3O. The van der Waals surface area contributed by atoms with Crippen LogP contribution < -0.4 is 11.1 Å². The van der Waals surface area contributed by atoms with Crippen LogP contribution in [0.3, 0.4) is 0 Å². The fraction of sp³-hybridized carbons (Fsp3) is 0.625. The smallest absolute Gasteiger partial charge is 0.229 e. The fourth-order valence-corrected chi connectivity index (χ4v) is 1.41. The molecule has 1 heterocycles. The van der Waals surface area contributed by atoms with Crippen molar-refractivity contribution in [2.75, 3.05) is 20.1 Å². The van der Waals surface area contributed by atoms with Crippen LogP contribution in [0.2, 0.25) is 0 Å². The average molecular weight is 169 g/mol. The molecule has 0 radical (unpaired) electrons. The molecule has 0 aliphatic carbocycles. The van der Waals surface area contributed by atoms with E-state index in [0.717, 1.165) is 19.5 Å². The van der Waals surface area contributed by atoms with E-state index in [1.807, 2.05) is 7.05 Å². The lowest BCUT2D eigenvalue weighted by Gasteiger charge is -2.10. The first-order chi connectivity index (χ1) is 5.59. The van der Waals surface area contributed by atoms with Gasteiger partial charge in [-0.1, -0.05) is 6.58 Å². The Morgan fingerprint density at radius 3 is 2.83 bits per heavy atom. The molecule has 1 aliphatic rings. The van der Waals surface area contributed by atoms with Gasteiger partial charge in [0.1, 0.15) is 0 Å². The molecule has 1 saturated heterocycles. The zero-order valence-corrected chi connectivity index (χ0v) is 7.34. The normalized spacial score (nSPS) is 23.9. The molecule has 0 bridgehead atoms. The zero-order chi connectivity index (χ0) is 9.14. The van der Waals surface area contributed by atoms with Crippen molar-refractivity contribution in [3.63, 3.8) is 0 Å². The van der Waals surface area contributed by atoms with Crippen LogP contribution in [-0.2, 0) is 4.79 Å². The molecule has 4 nitrogen and oxygen atoms in total. The summed E-state index contributed by atoms with van der Waals surface area (Å²) in [6.07, 6.45) is 0.912. The van der Waals surface area contributed by atoms with Crippen LogP contribution in [0.15, 0.2) is 12.4 Å². The van der Waals surface area contributed by atoms with E-state index in [2.05, 4.69) is 16.8 Å². The number of hydrogen-bond donors (Lipinski definition) is 2. The van der Waals surface area contributed by atoms with E-state index in [4.69, 9.17) is 5.73 Å². The summed E-state index contributed by atoms with van der Waals surface area (Å²) in [6, 6.07) is 0. The Morgan fingerprint density at radius 1 is 1.75 bits per heavy atom. The first-order valence-electron chi connectivity index (χ1n) is 4.03. The summed E-state index contributed by atoms with van der Waals surface area (Å²) in [5, 5.41) is 2.52. The van der Waals surface area contributed by atoms with Gasteiger partial charge in [0, 0.05) is 6.54 Å². The Morgan fingerprint density at radius 2 is 2.42 bits per heavy atom. The van der Waals surface area contributed by atoms with Gasteiger partial charge in [-0.2, -0.15) is 0 Å². The maximum atomic E-state index is 11.3. The van der Waals surface area contributed by atoms with Crippen molar-refractivity contribution < 1.29 is 4.79 Å². The van der Waals surface area contributed by atoms with Crippen molar-refractivity contribution >= 4 is 5.91 Å². The molecule has 0 saturated carbocycles. The molecule has 0 aromatic rings. The van der Waals surface area contributed by atoms with Crippen molar-refractivity contribution in [1.82, 2.24) is 10.2 Å². The van der Waals surface area contributed by atoms with Gasteiger partial charge in [-0.15, -0.1) is 0 Å². The van der Waals surface area contributed by atoms with E-state index in [1.54, 1.807) is 0 Å². The Labute approximate surface area is 72.4 Å². The van der Waals surface area contributed by atoms with Gasteiger partial charge in [-0.25, -0.2) is 0 Å². The zero-order valence-electron chi connectivity index (χ0n) is 7.34. The van der Waals surface area contributed by atoms with E-state index >= 15 is 0 Å². The number of hydrogen-bond acceptors (Lipinski definition) is 3. The van der Waals surface area contributed by atoms with Gasteiger partial charge in [0.15, 0.2) is 0 Å². The molecule has 1 amide bonds. The molecule has 68 valence electrons. The minimum atomic E-state index is -0.00755. The third-order valence-electron chi connectivity index (χ3n) is 2.05. The summed E-state index contributed by atoms with van der Waals surface area (Å²) < 4.78 is 0. The largest absolute Gasteiger partial charge is 0.386 e. The highest BCUT2D eigenvalue weighted by atomic mass is 16.2. The molecule has 1 rings (SSSR count). The Kier molecular flexibility index (Phi) is 2.70. The average Bonchev–Trinajstić information content (AvgIpc) is 2.34. The van der Waals surface area contributed by atoms with Gasteiger partial charge in [0.05, 0.1) is 11.7 Å². The predicted octanol–water partition coefficient (Wildman–Crippen LogP) is -0.516. The van der Waals surface area contributed by atoms with Crippen molar-refractivity contribution in [2.45, 2.75) is 6.42 Å². The molecule has 1 aliphatic heterocycles. The molecule has 0 spiro atoms. The number of nitrogens with one attached hydrogen (secondary N) is 1. The highest BCUT2D eigenvalue weighted by molar-refractivity contribution is 5.80. The Balaban J connectivity index is 2.38. The SMILES string of the molecule is C=C(N)NC(=O)C1CCN(C)C1. The monoisotopic (exact) mass is 169 g/mol. The highest BCUT2D eigenvalue weighted by Gasteiger charge is 2.25. The van der Waals surface area contributed by atoms with Crippen molar-refractivity contribution in [3.8, 4) is 0 Å². The van der Waals surface area contributed by atoms with Gasteiger partial charge in [0.2, 0.25) is 5.91 Å². The lowest BCUT2D eigenvalue weighted by Crippen LogP contribution is -2.33. The second-order valence-electron chi connectivity index (χ2n) is 3.26. The van der Waals surface area contributed by atoms with Gasteiger partial charge >= 0.3 is 0 Å². The molecule has 1 atom stereocenters. The standard InChI is InChI=1S/C8H15N3O/c1-6(9)10-8(12)7-3-4-11(2)5-7/h7H,1,3-5,9H2,2H3,(H,10,12). The molecule has 1 fully saturated rings. The summed E-state index contributed by atoms with van der Waals surface area (Å²) in [4.78, 5) is 13.5. The third kappa shape index (κ3) is 2.23. The van der Waals surface area contributed by atoms with Crippen molar-refractivity contribution in [2.24, 2.45) is 11.7 Å². The second kappa shape index (κ2) is 3.58. The van der Waals surface area contributed by atoms with Gasteiger partial charge in [0.25, 0.3) is 0 Å². The van der Waals surface area contributed by atoms with Crippen molar-refractivity contribution in [1.29, 1.82) is 0 Å². The topological polar surface area (TPSA) is 58.4 Å². The number of rotatable bonds is 2. The number of amides is 1. The summed E-state index contributed by atoms with van der Waals surface area (Å²) in [5.41, 5.74) is 5.26. The number of likely N-dealkylation sites (tertiary alicyclic amines) is 1. The lowest BCUT2D eigenvalue weighted by molar-refractivity contribution is -0.123. The summed E-state index contributed by atoms with van der Waals surface area (Å²) in [7, 11) is 2.00.